The van der Waals surface area contributed by atoms with E-state index in [-0.39, 0.29) is 5.57 Å². The summed E-state index contributed by atoms with van der Waals surface area (Å²) in [4.78, 5) is 15.9. The minimum atomic E-state index is -1.23. The molecule has 0 radical (unpaired) electrons. The lowest BCUT2D eigenvalue weighted by Gasteiger charge is -1.97. The Labute approximate surface area is 101 Å². The summed E-state index contributed by atoms with van der Waals surface area (Å²) in [6.45, 7) is 3.70. The molecule has 0 aliphatic heterocycles. The third-order valence-electron chi connectivity index (χ3n) is 2.39. The number of hydrogen-bond donors (Lipinski definition) is 1. The molecule has 0 bridgehead atoms. The Bertz CT molecular complexity index is 673. The maximum absolute atomic E-state index is 10.8. The second-order valence-corrected chi connectivity index (χ2v) is 4.39. The van der Waals surface area contributed by atoms with Crippen molar-refractivity contribution < 1.29 is 9.90 Å². The van der Waals surface area contributed by atoms with Crippen molar-refractivity contribution in [3.8, 4) is 6.07 Å². The Morgan fingerprint density at radius 3 is 2.94 bits per heavy atom. The highest BCUT2D eigenvalue weighted by atomic mass is 32.1. The lowest BCUT2D eigenvalue weighted by molar-refractivity contribution is -0.132. The fraction of sp³-hybridized carbons (Fsp3) is 0.182. The standard InChI is InChI=1S/C11H9N3O2S/c1-6-5-17-11-13-7(2)9(14(6)11)3-8(4-12)10(15)16/h3,5H,1-2H3,(H,15,16)/b8-3+. The number of aromatic nitrogens is 2. The van der Waals surface area contributed by atoms with Crippen LogP contribution in [-0.2, 0) is 4.79 Å². The predicted octanol–water partition coefficient (Wildman–Crippen LogP) is 2.00. The summed E-state index contributed by atoms with van der Waals surface area (Å²) in [6, 6.07) is 1.67. The van der Waals surface area contributed by atoms with E-state index in [4.69, 9.17) is 10.4 Å². The third-order valence-corrected chi connectivity index (χ3v) is 3.33. The maximum Gasteiger partial charge on any atom is 0.346 e. The van der Waals surface area contributed by atoms with Crippen LogP contribution in [0, 0.1) is 25.2 Å². The van der Waals surface area contributed by atoms with Gasteiger partial charge in [0.05, 0.1) is 11.4 Å². The first-order valence-corrected chi connectivity index (χ1v) is 5.70. The zero-order valence-corrected chi connectivity index (χ0v) is 10.1. The molecule has 0 saturated carbocycles. The van der Waals surface area contributed by atoms with Crippen LogP contribution in [0.4, 0.5) is 0 Å². The lowest BCUT2D eigenvalue weighted by atomic mass is 10.2. The van der Waals surface area contributed by atoms with Crippen molar-refractivity contribution in [2.75, 3.05) is 0 Å². The van der Waals surface area contributed by atoms with Gasteiger partial charge in [0.15, 0.2) is 4.96 Å². The average Bonchev–Trinajstić information content (AvgIpc) is 2.76. The van der Waals surface area contributed by atoms with Gasteiger partial charge < -0.3 is 5.11 Å². The van der Waals surface area contributed by atoms with Gasteiger partial charge in [-0.3, -0.25) is 4.40 Å². The number of thiazole rings is 1. The van der Waals surface area contributed by atoms with Crippen LogP contribution in [0.1, 0.15) is 17.1 Å². The zero-order chi connectivity index (χ0) is 12.6. The van der Waals surface area contributed by atoms with Crippen LogP contribution in [0.15, 0.2) is 11.0 Å². The Balaban J connectivity index is 2.71. The molecule has 0 saturated heterocycles. The van der Waals surface area contributed by atoms with Crippen molar-refractivity contribution >= 4 is 28.3 Å². The van der Waals surface area contributed by atoms with E-state index in [1.54, 1.807) is 13.0 Å². The normalized spacial score (nSPS) is 11.7. The number of nitrogens with zero attached hydrogens (tertiary/aromatic N) is 3. The summed E-state index contributed by atoms with van der Waals surface area (Å²) in [5.74, 6) is -1.23. The summed E-state index contributed by atoms with van der Waals surface area (Å²) in [5.41, 5.74) is 2.05. The highest BCUT2D eigenvalue weighted by Gasteiger charge is 2.13. The molecule has 0 aromatic carbocycles. The van der Waals surface area contributed by atoms with Gasteiger partial charge in [0, 0.05) is 11.1 Å². The summed E-state index contributed by atoms with van der Waals surface area (Å²) >= 11 is 1.48. The van der Waals surface area contributed by atoms with Gasteiger partial charge in [0.1, 0.15) is 11.6 Å². The second-order valence-electron chi connectivity index (χ2n) is 3.55. The van der Waals surface area contributed by atoms with Gasteiger partial charge in [-0.05, 0) is 19.9 Å². The van der Waals surface area contributed by atoms with Crippen LogP contribution in [0.5, 0.6) is 0 Å². The number of fused-ring (bicyclic) bond motifs is 1. The average molecular weight is 247 g/mol. The van der Waals surface area contributed by atoms with Crippen molar-refractivity contribution in [3.63, 3.8) is 0 Å². The van der Waals surface area contributed by atoms with Crippen LogP contribution >= 0.6 is 11.3 Å². The van der Waals surface area contributed by atoms with Gasteiger partial charge in [-0.15, -0.1) is 11.3 Å². The number of imidazole rings is 1. The molecular weight excluding hydrogens is 238 g/mol. The summed E-state index contributed by atoms with van der Waals surface area (Å²) in [5, 5.41) is 19.5. The van der Waals surface area contributed by atoms with Gasteiger partial charge in [0.25, 0.3) is 0 Å². The molecule has 0 aliphatic carbocycles. The summed E-state index contributed by atoms with van der Waals surface area (Å²) in [6.07, 6.45) is 1.36. The number of rotatable bonds is 2. The zero-order valence-electron chi connectivity index (χ0n) is 9.26. The Morgan fingerprint density at radius 2 is 2.35 bits per heavy atom. The number of carboxylic acids is 1. The van der Waals surface area contributed by atoms with Crippen molar-refractivity contribution in [1.29, 1.82) is 5.26 Å². The largest absolute Gasteiger partial charge is 0.477 e. The molecule has 2 aromatic heterocycles. The van der Waals surface area contributed by atoms with Crippen LogP contribution in [0.25, 0.3) is 11.0 Å². The Kier molecular flexibility index (Phi) is 2.69. The number of hydrogen-bond acceptors (Lipinski definition) is 4. The van der Waals surface area contributed by atoms with Crippen molar-refractivity contribution in [2.45, 2.75) is 13.8 Å². The van der Waals surface area contributed by atoms with E-state index < -0.39 is 5.97 Å². The molecule has 17 heavy (non-hydrogen) atoms. The fourth-order valence-corrected chi connectivity index (χ4v) is 2.49. The molecule has 6 heteroatoms. The van der Waals surface area contributed by atoms with Crippen LogP contribution < -0.4 is 0 Å². The first kappa shape index (κ1) is 11.4. The lowest BCUT2D eigenvalue weighted by Crippen LogP contribution is -1.99. The summed E-state index contributed by atoms with van der Waals surface area (Å²) < 4.78 is 1.85. The van der Waals surface area contributed by atoms with Gasteiger partial charge in [-0.1, -0.05) is 0 Å². The van der Waals surface area contributed by atoms with Crippen molar-refractivity contribution in [2.24, 2.45) is 0 Å². The molecule has 0 unspecified atom stereocenters. The molecule has 0 atom stereocenters. The molecule has 0 aliphatic rings. The molecule has 2 rings (SSSR count). The molecule has 0 spiro atoms. The van der Waals surface area contributed by atoms with E-state index in [2.05, 4.69) is 4.98 Å². The maximum atomic E-state index is 10.8. The minimum Gasteiger partial charge on any atom is -0.477 e. The van der Waals surface area contributed by atoms with Gasteiger partial charge >= 0.3 is 5.97 Å². The van der Waals surface area contributed by atoms with Crippen LogP contribution in [0.3, 0.4) is 0 Å². The smallest absolute Gasteiger partial charge is 0.346 e. The first-order chi connectivity index (χ1) is 8.04. The van der Waals surface area contributed by atoms with Crippen LogP contribution in [0.2, 0.25) is 0 Å². The molecule has 2 heterocycles. The number of carboxylic acid groups (broad SMARTS) is 1. The van der Waals surface area contributed by atoms with E-state index in [0.29, 0.717) is 11.4 Å². The van der Waals surface area contributed by atoms with Gasteiger partial charge in [0.2, 0.25) is 0 Å². The number of aliphatic carboxylic acids is 1. The monoisotopic (exact) mass is 247 g/mol. The molecule has 0 amide bonds. The van der Waals surface area contributed by atoms with E-state index in [9.17, 15) is 4.79 Å². The highest BCUT2D eigenvalue weighted by molar-refractivity contribution is 7.15. The second kappa shape index (κ2) is 4.03. The molecule has 5 nitrogen and oxygen atoms in total. The molecular formula is C11H9N3O2S. The number of carbonyl (C=O) groups is 1. The highest BCUT2D eigenvalue weighted by Crippen LogP contribution is 2.22. The Morgan fingerprint density at radius 1 is 1.65 bits per heavy atom. The van der Waals surface area contributed by atoms with Crippen molar-refractivity contribution in [1.82, 2.24) is 9.38 Å². The number of aryl methyl sites for hydroxylation is 2. The SMILES string of the molecule is Cc1nc2scc(C)n2c1/C=C(\C#N)C(=O)O. The predicted molar refractivity (Wildman–Crippen MR) is 63.8 cm³/mol. The molecule has 1 N–H and O–H groups in total. The first-order valence-electron chi connectivity index (χ1n) is 4.83. The molecule has 0 fully saturated rings. The van der Waals surface area contributed by atoms with Gasteiger partial charge in [-0.2, -0.15) is 5.26 Å². The quantitative estimate of drug-likeness (QED) is 0.650. The fourth-order valence-electron chi connectivity index (χ4n) is 1.57. The summed E-state index contributed by atoms with van der Waals surface area (Å²) in [7, 11) is 0. The molecule has 2 aromatic rings. The van der Waals surface area contributed by atoms with E-state index >= 15 is 0 Å². The van der Waals surface area contributed by atoms with Crippen LogP contribution in [-0.4, -0.2) is 20.5 Å². The number of nitriles is 1. The Hall–Kier alpha value is -2.13. The molecule has 86 valence electrons. The van der Waals surface area contributed by atoms with Gasteiger partial charge in [-0.25, -0.2) is 9.78 Å². The van der Waals surface area contributed by atoms with Crippen molar-refractivity contribution in [3.05, 3.63) is 28.0 Å². The van der Waals surface area contributed by atoms with E-state index in [1.807, 2.05) is 16.7 Å². The topological polar surface area (TPSA) is 78.4 Å². The van der Waals surface area contributed by atoms with E-state index in [0.717, 1.165) is 10.7 Å². The van der Waals surface area contributed by atoms with E-state index in [1.165, 1.54) is 17.4 Å². The minimum absolute atomic E-state index is 0.291. The third kappa shape index (κ3) is 1.81.